The fourth-order valence-corrected chi connectivity index (χ4v) is 4.73. The average molecular weight is 448 g/mol. The highest BCUT2D eigenvalue weighted by molar-refractivity contribution is 6.07. The fourth-order valence-electron chi connectivity index (χ4n) is 4.73. The molecule has 1 N–H and O–H groups in total. The summed E-state index contributed by atoms with van der Waals surface area (Å²) in [6.07, 6.45) is 2.07. The van der Waals surface area contributed by atoms with Gasteiger partial charge >= 0.3 is 0 Å². The van der Waals surface area contributed by atoms with E-state index in [1.807, 2.05) is 61.5 Å². The Bertz CT molecular complexity index is 1140. The van der Waals surface area contributed by atoms with Gasteiger partial charge in [0.2, 0.25) is 0 Å². The van der Waals surface area contributed by atoms with Gasteiger partial charge in [-0.2, -0.15) is 0 Å². The maximum atomic E-state index is 13.6. The first kappa shape index (κ1) is 21.8. The van der Waals surface area contributed by atoms with Crippen LogP contribution in [0.5, 0.6) is 5.75 Å². The summed E-state index contributed by atoms with van der Waals surface area (Å²) in [7, 11) is 0. The number of fused-ring (bicyclic) bond motifs is 1. The summed E-state index contributed by atoms with van der Waals surface area (Å²) in [6, 6.07) is 17.4. The van der Waals surface area contributed by atoms with Gasteiger partial charge in [-0.3, -0.25) is 9.69 Å². The van der Waals surface area contributed by atoms with Gasteiger partial charge in [-0.25, -0.2) is 9.37 Å². The van der Waals surface area contributed by atoms with E-state index in [0.29, 0.717) is 31.7 Å². The SMILES string of the molecule is CCOc1ccc(-c2cc(C(=O)NCC3(CN4CC[C@@H](F)C4)CC3)c3ccccc3n2)cc1. The zero-order valence-corrected chi connectivity index (χ0v) is 19.0. The normalized spacial score (nSPS) is 19.5. The van der Waals surface area contributed by atoms with Crippen molar-refractivity contribution in [3.63, 3.8) is 0 Å². The summed E-state index contributed by atoms with van der Waals surface area (Å²) in [5.74, 6) is 0.726. The molecule has 1 atom stereocenters. The van der Waals surface area contributed by atoms with Crippen LogP contribution >= 0.6 is 0 Å². The molecular formula is C27H30FN3O2. The Balaban J connectivity index is 1.36. The summed E-state index contributed by atoms with van der Waals surface area (Å²) in [5, 5.41) is 4.02. The third-order valence-corrected chi connectivity index (χ3v) is 6.78. The van der Waals surface area contributed by atoms with E-state index in [1.165, 1.54) is 0 Å². The number of carbonyl (C=O) groups excluding carboxylic acids is 1. The number of aromatic nitrogens is 1. The Hall–Kier alpha value is -2.99. The second-order valence-electron chi connectivity index (χ2n) is 9.33. The van der Waals surface area contributed by atoms with Gasteiger partial charge in [0, 0.05) is 42.5 Å². The third kappa shape index (κ3) is 4.86. The van der Waals surface area contributed by atoms with Crippen LogP contribution in [0.2, 0.25) is 0 Å². The lowest BCUT2D eigenvalue weighted by Gasteiger charge is -2.23. The maximum Gasteiger partial charge on any atom is 0.252 e. The topological polar surface area (TPSA) is 54.5 Å². The van der Waals surface area contributed by atoms with E-state index in [9.17, 15) is 9.18 Å². The summed E-state index contributed by atoms with van der Waals surface area (Å²) < 4.78 is 19.1. The summed E-state index contributed by atoms with van der Waals surface area (Å²) in [6.45, 7) is 5.40. The highest BCUT2D eigenvalue weighted by Crippen LogP contribution is 2.46. The Morgan fingerprint density at radius 2 is 2.00 bits per heavy atom. The number of hydrogen-bond acceptors (Lipinski definition) is 4. The molecule has 5 rings (SSSR count). The fraction of sp³-hybridized carbons (Fsp3) is 0.407. The largest absolute Gasteiger partial charge is 0.494 e. The quantitative estimate of drug-likeness (QED) is 0.536. The van der Waals surface area contributed by atoms with Crippen LogP contribution in [0.25, 0.3) is 22.2 Å². The lowest BCUT2D eigenvalue weighted by atomic mass is 10.0. The second-order valence-corrected chi connectivity index (χ2v) is 9.33. The Morgan fingerprint density at radius 1 is 1.21 bits per heavy atom. The molecule has 1 aliphatic heterocycles. The van der Waals surface area contributed by atoms with E-state index in [2.05, 4.69) is 10.2 Å². The zero-order chi connectivity index (χ0) is 22.8. The average Bonchev–Trinajstić information content (AvgIpc) is 3.48. The van der Waals surface area contributed by atoms with Crippen molar-refractivity contribution in [3.8, 4) is 17.0 Å². The summed E-state index contributed by atoms with van der Waals surface area (Å²) in [5.41, 5.74) is 3.20. The molecule has 3 aromatic rings. The van der Waals surface area contributed by atoms with E-state index in [-0.39, 0.29) is 11.3 Å². The number of hydrogen-bond donors (Lipinski definition) is 1. The van der Waals surface area contributed by atoms with Crippen molar-refractivity contribution in [1.29, 1.82) is 0 Å². The van der Waals surface area contributed by atoms with Crippen LogP contribution in [-0.2, 0) is 0 Å². The van der Waals surface area contributed by atoms with Gasteiger partial charge in [-0.15, -0.1) is 0 Å². The van der Waals surface area contributed by atoms with Gasteiger partial charge in [0.05, 0.1) is 23.4 Å². The molecule has 2 aliphatic rings. The molecule has 2 fully saturated rings. The molecular weight excluding hydrogens is 417 g/mol. The van der Waals surface area contributed by atoms with Crippen molar-refractivity contribution >= 4 is 16.8 Å². The van der Waals surface area contributed by atoms with Crippen molar-refractivity contribution in [1.82, 2.24) is 15.2 Å². The van der Waals surface area contributed by atoms with E-state index in [1.54, 1.807) is 0 Å². The lowest BCUT2D eigenvalue weighted by molar-refractivity contribution is 0.0941. The molecule has 1 amide bonds. The minimum Gasteiger partial charge on any atom is -0.494 e. The minimum atomic E-state index is -0.709. The van der Waals surface area contributed by atoms with Crippen LogP contribution in [0, 0.1) is 5.41 Å². The van der Waals surface area contributed by atoms with E-state index in [0.717, 1.165) is 53.8 Å². The Morgan fingerprint density at radius 3 is 2.70 bits per heavy atom. The number of nitrogens with one attached hydrogen (secondary N) is 1. The van der Waals surface area contributed by atoms with Crippen LogP contribution in [0.15, 0.2) is 54.6 Å². The first-order valence-electron chi connectivity index (χ1n) is 11.8. The summed E-state index contributed by atoms with van der Waals surface area (Å²) >= 11 is 0. The predicted molar refractivity (Wildman–Crippen MR) is 128 cm³/mol. The van der Waals surface area contributed by atoms with Gasteiger partial charge in [-0.05, 0) is 62.6 Å². The summed E-state index contributed by atoms with van der Waals surface area (Å²) in [4.78, 5) is 20.3. The molecule has 0 unspecified atom stereocenters. The molecule has 1 saturated heterocycles. The first-order chi connectivity index (χ1) is 16.0. The van der Waals surface area contributed by atoms with E-state index in [4.69, 9.17) is 9.72 Å². The van der Waals surface area contributed by atoms with Gasteiger partial charge in [0.15, 0.2) is 0 Å². The van der Waals surface area contributed by atoms with Crippen molar-refractivity contribution in [2.45, 2.75) is 32.4 Å². The van der Waals surface area contributed by atoms with Crippen molar-refractivity contribution < 1.29 is 13.9 Å². The number of alkyl halides is 1. The second kappa shape index (κ2) is 9.10. The van der Waals surface area contributed by atoms with Crippen LogP contribution < -0.4 is 10.1 Å². The molecule has 5 nitrogen and oxygen atoms in total. The Kier molecular flexibility index (Phi) is 6.02. The van der Waals surface area contributed by atoms with Gasteiger partial charge < -0.3 is 10.1 Å². The molecule has 0 bridgehead atoms. The number of rotatable bonds is 8. The number of likely N-dealkylation sites (tertiary alicyclic amines) is 1. The zero-order valence-electron chi connectivity index (χ0n) is 19.0. The maximum absolute atomic E-state index is 13.6. The van der Waals surface area contributed by atoms with Gasteiger partial charge in [0.1, 0.15) is 11.9 Å². The monoisotopic (exact) mass is 447 g/mol. The number of para-hydroxylation sites is 1. The molecule has 1 saturated carbocycles. The molecule has 2 heterocycles. The molecule has 172 valence electrons. The van der Waals surface area contributed by atoms with E-state index >= 15 is 0 Å². The number of carbonyl (C=O) groups is 1. The first-order valence-corrected chi connectivity index (χ1v) is 11.8. The van der Waals surface area contributed by atoms with Crippen LogP contribution in [0.3, 0.4) is 0 Å². The molecule has 1 aromatic heterocycles. The molecule has 0 spiro atoms. The van der Waals surface area contributed by atoms with Crippen molar-refractivity contribution in [3.05, 3.63) is 60.2 Å². The number of amides is 1. The number of benzene rings is 2. The molecule has 6 heteroatoms. The van der Waals surface area contributed by atoms with Crippen LogP contribution in [0.4, 0.5) is 4.39 Å². The van der Waals surface area contributed by atoms with Crippen molar-refractivity contribution in [2.24, 2.45) is 5.41 Å². The van der Waals surface area contributed by atoms with Crippen molar-refractivity contribution in [2.75, 3.05) is 32.8 Å². The number of pyridine rings is 1. The van der Waals surface area contributed by atoms with Crippen LogP contribution in [-0.4, -0.2) is 54.7 Å². The number of ether oxygens (including phenoxy) is 1. The lowest BCUT2D eigenvalue weighted by Crippen LogP contribution is -2.37. The molecule has 1 aliphatic carbocycles. The van der Waals surface area contributed by atoms with Crippen LogP contribution in [0.1, 0.15) is 36.5 Å². The number of nitrogens with zero attached hydrogens (tertiary/aromatic N) is 2. The molecule has 33 heavy (non-hydrogen) atoms. The van der Waals surface area contributed by atoms with E-state index < -0.39 is 6.17 Å². The number of halogens is 1. The van der Waals surface area contributed by atoms with Gasteiger partial charge in [-0.1, -0.05) is 18.2 Å². The standard InChI is InChI=1S/C27H30FN3O2/c1-2-33-21-9-7-19(8-10-21)25-15-23(22-5-3-4-6-24(22)30-25)26(32)29-17-27(12-13-27)18-31-14-11-20(28)16-31/h3-10,15,20H,2,11-14,16-18H2,1H3,(H,29,32)/t20-/m1/s1. The predicted octanol–water partition coefficient (Wildman–Crippen LogP) is 4.85. The van der Waals surface area contributed by atoms with Gasteiger partial charge in [0.25, 0.3) is 5.91 Å². The highest BCUT2D eigenvalue weighted by atomic mass is 19.1. The molecule has 2 aromatic carbocycles. The smallest absolute Gasteiger partial charge is 0.252 e. The molecule has 0 radical (unpaired) electrons. The third-order valence-electron chi connectivity index (χ3n) is 6.78. The highest BCUT2D eigenvalue weighted by Gasteiger charge is 2.45. The minimum absolute atomic E-state index is 0.0838. The Labute approximate surface area is 194 Å².